The van der Waals surface area contributed by atoms with Crippen LogP contribution in [0.5, 0.6) is 0 Å². The smallest absolute Gasteiger partial charge is 0.145 e. The SMILES string of the molecule is CC(N=O)C(N=O)C(N=O)C(C)N=O. The topological polar surface area (TPSA) is 118 Å². The van der Waals surface area contributed by atoms with Crippen molar-refractivity contribution in [3.63, 3.8) is 0 Å². The summed E-state index contributed by atoms with van der Waals surface area (Å²) in [4.78, 5) is 40.9. The molecule has 0 fully saturated rings. The summed E-state index contributed by atoms with van der Waals surface area (Å²) in [6, 6.07) is -4.48. The first-order valence-corrected chi connectivity index (χ1v) is 3.92. The molecule has 0 aromatic carbocycles. The summed E-state index contributed by atoms with van der Waals surface area (Å²) in [6.45, 7) is 2.63. The minimum atomic E-state index is -1.24. The zero-order valence-corrected chi connectivity index (χ0v) is 7.73. The van der Waals surface area contributed by atoms with Crippen molar-refractivity contribution >= 4 is 0 Å². The van der Waals surface area contributed by atoms with Gasteiger partial charge in [-0.3, -0.25) is 0 Å². The predicted octanol–water partition coefficient (Wildman–Crippen LogP) is 1.57. The monoisotopic (exact) mass is 202 g/mol. The van der Waals surface area contributed by atoms with Gasteiger partial charge in [0.1, 0.15) is 24.2 Å². The van der Waals surface area contributed by atoms with E-state index in [1.54, 1.807) is 0 Å². The average molecular weight is 202 g/mol. The first-order valence-electron chi connectivity index (χ1n) is 3.92. The van der Waals surface area contributed by atoms with Gasteiger partial charge in [0.15, 0.2) is 0 Å². The average Bonchev–Trinajstić information content (AvgIpc) is 2.23. The van der Waals surface area contributed by atoms with Gasteiger partial charge in [-0.25, -0.2) is 0 Å². The lowest BCUT2D eigenvalue weighted by atomic mass is 9.98. The van der Waals surface area contributed by atoms with E-state index in [0.717, 1.165) is 0 Å². The molecule has 0 spiro atoms. The van der Waals surface area contributed by atoms with Crippen molar-refractivity contribution in [2.24, 2.45) is 20.7 Å². The summed E-state index contributed by atoms with van der Waals surface area (Å²) in [5.41, 5.74) is 0. The van der Waals surface area contributed by atoms with Gasteiger partial charge >= 0.3 is 0 Å². The van der Waals surface area contributed by atoms with Crippen molar-refractivity contribution in [1.82, 2.24) is 0 Å². The minimum absolute atomic E-state index is 1.00. The Morgan fingerprint density at radius 3 is 1.07 bits per heavy atom. The third-order valence-electron chi connectivity index (χ3n) is 1.91. The molecule has 0 amide bonds. The molecule has 4 atom stereocenters. The molecule has 0 bridgehead atoms. The predicted molar refractivity (Wildman–Crippen MR) is 49.7 cm³/mol. The third-order valence-corrected chi connectivity index (χ3v) is 1.91. The Kier molecular flexibility index (Phi) is 5.27. The van der Waals surface area contributed by atoms with Crippen LogP contribution in [0.1, 0.15) is 13.8 Å². The van der Waals surface area contributed by atoms with Gasteiger partial charge in [-0.1, -0.05) is 20.7 Å². The molecule has 4 unspecified atom stereocenters. The molecule has 0 aromatic rings. The molecule has 8 nitrogen and oxygen atoms in total. The van der Waals surface area contributed by atoms with Crippen LogP contribution >= 0.6 is 0 Å². The van der Waals surface area contributed by atoms with E-state index in [1.807, 2.05) is 0 Å². The second-order valence-corrected chi connectivity index (χ2v) is 2.88. The van der Waals surface area contributed by atoms with Crippen molar-refractivity contribution in [3.05, 3.63) is 19.6 Å². The fourth-order valence-electron chi connectivity index (χ4n) is 0.996. The largest absolute Gasteiger partial charge is 0.150 e. The van der Waals surface area contributed by atoms with E-state index >= 15 is 0 Å². The first kappa shape index (κ1) is 12.4. The highest BCUT2D eigenvalue weighted by atomic mass is 16.3. The summed E-state index contributed by atoms with van der Waals surface area (Å²) in [5, 5.41) is 10.2. The maximum atomic E-state index is 10.3. The summed E-state index contributed by atoms with van der Waals surface area (Å²) in [7, 11) is 0. The molecule has 78 valence electrons. The van der Waals surface area contributed by atoms with E-state index in [2.05, 4.69) is 20.7 Å². The van der Waals surface area contributed by atoms with Crippen molar-refractivity contribution in [1.29, 1.82) is 0 Å². The summed E-state index contributed by atoms with van der Waals surface area (Å²) in [5.74, 6) is 0. The molecule has 0 rings (SSSR count). The van der Waals surface area contributed by atoms with Gasteiger partial charge in [-0.15, -0.1) is 0 Å². The molecule has 14 heavy (non-hydrogen) atoms. The van der Waals surface area contributed by atoms with Crippen LogP contribution in [0.25, 0.3) is 0 Å². The Balaban J connectivity index is 4.76. The summed E-state index contributed by atoms with van der Waals surface area (Å²) < 4.78 is 0. The molecule has 0 N–H and O–H groups in total. The third kappa shape index (κ3) is 2.71. The van der Waals surface area contributed by atoms with Gasteiger partial charge in [0, 0.05) is 0 Å². The zero-order chi connectivity index (χ0) is 11.1. The van der Waals surface area contributed by atoms with Gasteiger partial charge < -0.3 is 0 Å². The van der Waals surface area contributed by atoms with Crippen LogP contribution in [0.4, 0.5) is 0 Å². The highest BCUT2D eigenvalue weighted by molar-refractivity contribution is 4.94. The zero-order valence-electron chi connectivity index (χ0n) is 7.73. The normalized spacial score (nSPS) is 18.7. The van der Waals surface area contributed by atoms with Crippen molar-refractivity contribution in [3.8, 4) is 0 Å². The summed E-state index contributed by atoms with van der Waals surface area (Å²) in [6.07, 6.45) is 0. The Morgan fingerprint density at radius 2 is 0.929 bits per heavy atom. The van der Waals surface area contributed by atoms with E-state index in [1.165, 1.54) is 13.8 Å². The Hall–Kier alpha value is -1.60. The van der Waals surface area contributed by atoms with Gasteiger partial charge in [0.25, 0.3) is 0 Å². The lowest BCUT2D eigenvalue weighted by molar-refractivity contribution is 0.417. The highest BCUT2D eigenvalue weighted by Gasteiger charge is 2.35. The molecule has 0 aliphatic rings. The molecule has 0 aliphatic heterocycles. The Bertz CT molecular complexity index is 210. The number of rotatable bonds is 7. The maximum Gasteiger partial charge on any atom is 0.145 e. The standard InChI is InChI=1S/C6H10N4O4/c1-3(7-11)5(9-13)6(10-14)4(2)8-12/h3-6H,1-2H3. The Labute approximate surface area is 79.3 Å². The van der Waals surface area contributed by atoms with Gasteiger partial charge in [-0.05, 0) is 13.8 Å². The molecule has 0 saturated heterocycles. The number of nitroso groups, excluding NO2 is 4. The quantitative estimate of drug-likeness (QED) is 0.582. The van der Waals surface area contributed by atoms with E-state index in [-0.39, 0.29) is 0 Å². The van der Waals surface area contributed by atoms with Crippen LogP contribution < -0.4 is 0 Å². The van der Waals surface area contributed by atoms with Crippen LogP contribution in [0.3, 0.4) is 0 Å². The van der Waals surface area contributed by atoms with Crippen molar-refractivity contribution < 1.29 is 0 Å². The molecule has 8 heteroatoms. The van der Waals surface area contributed by atoms with Crippen LogP contribution in [0, 0.1) is 19.6 Å². The van der Waals surface area contributed by atoms with Gasteiger partial charge in [-0.2, -0.15) is 19.6 Å². The highest BCUT2D eigenvalue weighted by Crippen LogP contribution is 2.16. The lowest BCUT2D eigenvalue weighted by Crippen LogP contribution is -2.37. The van der Waals surface area contributed by atoms with Crippen molar-refractivity contribution in [2.45, 2.75) is 38.0 Å². The van der Waals surface area contributed by atoms with E-state index < -0.39 is 24.2 Å². The number of nitrogens with zero attached hydrogens (tertiary/aromatic N) is 4. The molecular weight excluding hydrogens is 192 g/mol. The fraction of sp³-hybridized carbons (Fsp3) is 1.00. The number of hydrogen-bond donors (Lipinski definition) is 0. The lowest BCUT2D eigenvalue weighted by Gasteiger charge is -2.17. The van der Waals surface area contributed by atoms with Gasteiger partial charge in [0.05, 0.1) is 0 Å². The molecule has 0 aromatic heterocycles. The second kappa shape index (κ2) is 5.95. The molecule has 0 aliphatic carbocycles. The summed E-state index contributed by atoms with van der Waals surface area (Å²) >= 11 is 0. The Morgan fingerprint density at radius 1 is 0.643 bits per heavy atom. The van der Waals surface area contributed by atoms with E-state index in [0.29, 0.717) is 0 Å². The first-order chi connectivity index (χ1) is 6.62. The molecule has 0 radical (unpaired) electrons. The molecule has 0 saturated carbocycles. The van der Waals surface area contributed by atoms with Crippen LogP contribution in [-0.2, 0) is 0 Å². The van der Waals surface area contributed by atoms with E-state index in [4.69, 9.17) is 0 Å². The molecule has 0 heterocycles. The minimum Gasteiger partial charge on any atom is -0.150 e. The van der Waals surface area contributed by atoms with Crippen LogP contribution in [0.2, 0.25) is 0 Å². The van der Waals surface area contributed by atoms with E-state index in [9.17, 15) is 19.6 Å². The molecular formula is C6H10N4O4. The van der Waals surface area contributed by atoms with Crippen molar-refractivity contribution in [2.75, 3.05) is 0 Å². The second-order valence-electron chi connectivity index (χ2n) is 2.88. The van der Waals surface area contributed by atoms with Crippen LogP contribution in [-0.4, -0.2) is 24.2 Å². The maximum absolute atomic E-state index is 10.3. The van der Waals surface area contributed by atoms with Crippen LogP contribution in [0.15, 0.2) is 20.7 Å². The van der Waals surface area contributed by atoms with Gasteiger partial charge in [0.2, 0.25) is 0 Å². The number of hydrogen-bond acceptors (Lipinski definition) is 8. The fourth-order valence-corrected chi connectivity index (χ4v) is 0.996.